The molecule has 4 heteroatoms. The second-order valence-electron chi connectivity index (χ2n) is 5.94. The minimum absolute atomic E-state index is 0.235. The Morgan fingerprint density at radius 1 is 1.25 bits per heavy atom. The van der Waals surface area contributed by atoms with Crippen molar-refractivity contribution in [1.29, 1.82) is 0 Å². The Morgan fingerprint density at radius 3 is 2.35 bits per heavy atom. The fraction of sp³-hybridized carbons (Fsp3) is 0.562. The molecule has 3 rings (SSSR count). The Kier molecular flexibility index (Phi) is 3.50. The van der Waals surface area contributed by atoms with Crippen LogP contribution in [0.2, 0.25) is 0 Å². The average molecular weight is 276 g/mol. The lowest BCUT2D eigenvalue weighted by Crippen LogP contribution is -2.47. The quantitative estimate of drug-likeness (QED) is 0.916. The first-order chi connectivity index (χ1) is 9.65. The summed E-state index contributed by atoms with van der Waals surface area (Å²) in [6.45, 7) is 1.65. The van der Waals surface area contributed by atoms with Crippen molar-refractivity contribution < 1.29 is 9.18 Å². The molecule has 0 spiro atoms. The van der Waals surface area contributed by atoms with Gasteiger partial charge in [0.25, 0.3) is 0 Å². The summed E-state index contributed by atoms with van der Waals surface area (Å²) in [6, 6.07) is 6.97. The van der Waals surface area contributed by atoms with E-state index in [2.05, 4.69) is 5.32 Å². The molecule has 0 atom stereocenters. The van der Waals surface area contributed by atoms with Crippen molar-refractivity contribution in [3.8, 4) is 0 Å². The molecular weight excluding hydrogens is 255 g/mol. The molecule has 1 aromatic carbocycles. The minimum atomic E-state index is -0.361. The Hall–Kier alpha value is -1.42. The first-order valence-electron chi connectivity index (χ1n) is 7.38. The minimum Gasteiger partial charge on any atom is -0.342 e. The van der Waals surface area contributed by atoms with Crippen molar-refractivity contribution in [3.63, 3.8) is 0 Å². The van der Waals surface area contributed by atoms with Gasteiger partial charge in [-0.15, -0.1) is 0 Å². The van der Waals surface area contributed by atoms with Crippen LogP contribution in [0, 0.1) is 5.82 Å². The third-order valence-electron chi connectivity index (χ3n) is 4.75. The van der Waals surface area contributed by atoms with Gasteiger partial charge in [0, 0.05) is 19.1 Å². The van der Waals surface area contributed by atoms with Crippen LogP contribution in [-0.4, -0.2) is 37.0 Å². The van der Waals surface area contributed by atoms with Gasteiger partial charge in [-0.25, -0.2) is 4.39 Å². The van der Waals surface area contributed by atoms with E-state index >= 15 is 0 Å². The second-order valence-corrected chi connectivity index (χ2v) is 5.94. The first kappa shape index (κ1) is 13.6. The largest absolute Gasteiger partial charge is 0.342 e. The van der Waals surface area contributed by atoms with Crippen molar-refractivity contribution in [2.45, 2.75) is 37.1 Å². The van der Waals surface area contributed by atoms with Crippen molar-refractivity contribution in [2.24, 2.45) is 0 Å². The molecule has 20 heavy (non-hydrogen) atoms. The number of likely N-dealkylation sites (tertiary alicyclic amines) is 1. The lowest BCUT2D eigenvalue weighted by Gasteiger charge is -2.34. The summed E-state index contributed by atoms with van der Waals surface area (Å²) in [5, 5.41) is 3.28. The van der Waals surface area contributed by atoms with Crippen molar-refractivity contribution >= 4 is 5.91 Å². The van der Waals surface area contributed by atoms with E-state index in [0.29, 0.717) is 6.04 Å². The van der Waals surface area contributed by atoms with Crippen LogP contribution in [-0.2, 0) is 10.2 Å². The molecule has 1 saturated heterocycles. The van der Waals surface area contributed by atoms with E-state index in [9.17, 15) is 9.18 Å². The fourth-order valence-electron chi connectivity index (χ4n) is 3.19. The van der Waals surface area contributed by atoms with E-state index < -0.39 is 0 Å². The number of amides is 1. The van der Waals surface area contributed by atoms with Crippen LogP contribution in [0.3, 0.4) is 0 Å². The maximum Gasteiger partial charge on any atom is 0.233 e. The predicted octanol–water partition coefficient (Wildman–Crippen LogP) is 2.07. The van der Waals surface area contributed by atoms with Gasteiger partial charge in [-0.05, 0) is 50.4 Å². The highest BCUT2D eigenvalue weighted by molar-refractivity contribution is 5.91. The first-order valence-corrected chi connectivity index (χ1v) is 7.38. The van der Waals surface area contributed by atoms with Gasteiger partial charge in [0.1, 0.15) is 5.82 Å². The third kappa shape index (κ3) is 2.33. The van der Waals surface area contributed by atoms with Crippen molar-refractivity contribution in [2.75, 3.05) is 20.1 Å². The molecule has 3 nitrogen and oxygen atoms in total. The average Bonchev–Trinajstić information content (AvgIpc) is 3.29. The summed E-state index contributed by atoms with van der Waals surface area (Å²) in [5.41, 5.74) is 0.611. The van der Waals surface area contributed by atoms with Crippen LogP contribution in [0.25, 0.3) is 0 Å². The van der Waals surface area contributed by atoms with Gasteiger partial charge in [0.15, 0.2) is 0 Å². The molecule has 1 aliphatic carbocycles. The van der Waals surface area contributed by atoms with Crippen LogP contribution in [0.1, 0.15) is 31.2 Å². The number of benzene rings is 1. The lowest BCUT2D eigenvalue weighted by atomic mass is 9.93. The van der Waals surface area contributed by atoms with Gasteiger partial charge in [0.05, 0.1) is 5.41 Å². The van der Waals surface area contributed by atoms with Crippen LogP contribution in [0.4, 0.5) is 4.39 Å². The SMILES string of the molecule is CNC1CCN(C(=O)C2(c3ccc(F)cc3)CC2)CC1. The molecule has 1 heterocycles. The fourth-order valence-corrected chi connectivity index (χ4v) is 3.19. The number of halogens is 1. The zero-order valence-corrected chi connectivity index (χ0v) is 11.9. The molecule has 0 bridgehead atoms. The molecule has 1 aliphatic heterocycles. The summed E-state index contributed by atoms with van der Waals surface area (Å²) >= 11 is 0. The van der Waals surface area contributed by atoms with E-state index in [4.69, 9.17) is 0 Å². The number of rotatable bonds is 3. The van der Waals surface area contributed by atoms with Gasteiger partial charge in [-0.1, -0.05) is 12.1 Å². The molecule has 0 aromatic heterocycles. The molecule has 1 N–H and O–H groups in total. The van der Waals surface area contributed by atoms with E-state index in [-0.39, 0.29) is 17.1 Å². The summed E-state index contributed by atoms with van der Waals surface area (Å²) < 4.78 is 13.0. The van der Waals surface area contributed by atoms with E-state index in [1.54, 1.807) is 12.1 Å². The summed E-state index contributed by atoms with van der Waals surface area (Å²) in [6.07, 6.45) is 3.82. The molecule has 0 radical (unpaired) electrons. The lowest BCUT2D eigenvalue weighted by molar-refractivity contribution is -0.135. The van der Waals surface area contributed by atoms with Crippen LogP contribution < -0.4 is 5.32 Å². The highest BCUT2D eigenvalue weighted by atomic mass is 19.1. The van der Waals surface area contributed by atoms with Gasteiger partial charge >= 0.3 is 0 Å². The summed E-state index contributed by atoms with van der Waals surface area (Å²) in [5.74, 6) is -0.00880. The number of carbonyl (C=O) groups excluding carboxylic acids is 1. The molecule has 1 saturated carbocycles. The third-order valence-corrected chi connectivity index (χ3v) is 4.75. The Balaban J connectivity index is 1.72. The zero-order chi connectivity index (χ0) is 14.2. The Labute approximate surface area is 119 Å². The molecule has 1 aromatic rings. The number of hydrogen-bond donors (Lipinski definition) is 1. The van der Waals surface area contributed by atoms with Gasteiger partial charge in [-0.2, -0.15) is 0 Å². The molecule has 2 fully saturated rings. The smallest absolute Gasteiger partial charge is 0.233 e. The van der Waals surface area contributed by atoms with E-state index in [1.807, 2.05) is 11.9 Å². The van der Waals surface area contributed by atoms with Gasteiger partial charge in [-0.3, -0.25) is 4.79 Å². The van der Waals surface area contributed by atoms with E-state index in [1.165, 1.54) is 12.1 Å². The monoisotopic (exact) mass is 276 g/mol. The second kappa shape index (κ2) is 5.17. The number of hydrogen-bond acceptors (Lipinski definition) is 2. The highest BCUT2D eigenvalue weighted by Gasteiger charge is 2.53. The number of carbonyl (C=O) groups is 1. The van der Waals surface area contributed by atoms with Crippen LogP contribution in [0.15, 0.2) is 24.3 Å². The molecule has 108 valence electrons. The number of nitrogens with zero attached hydrogens (tertiary/aromatic N) is 1. The van der Waals surface area contributed by atoms with Crippen LogP contribution in [0.5, 0.6) is 0 Å². The molecule has 2 aliphatic rings. The molecular formula is C16H21FN2O. The predicted molar refractivity (Wildman–Crippen MR) is 76.0 cm³/mol. The summed E-state index contributed by atoms with van der Waals surface area (Å²) in [4.78, 5) is 14.8. The van der Waals surface area contributed by atoms with E-state index in [0.717, 1.165) is 44.3 Å². The topological polar surface area (TPSA) is 32.3 Å². The Bertz CT molecular complexity index is 488. The highest BCUT2D eigenvalue weighted by Crippen LogP contribution is 2.49. The van der Waals surface area contributed by atoms with Gasteiger partial charge in [0.2, 0.25) is 5.91 Å². The Morgan fingerprint density at radius 2 is 1.85 bits per heavy atom. The number of piperidine rings is 1. The van der Waals surface area contributed by atoms with Gasteiger partial charge < -0.3 is 10.2 Å². The zero-order valence-electron chi connectivity index (χ0n) is 11.9. The maximum atomic E-state index is 13.0. The van der Waals surface area contributed by atoms with Crippen molar-refractivity contribution in [3.05, 3.63) is 35.6 Å². The maximum absolute atomic E-state index is 13.0. The molecule has 1 amide bonds. The number of nitrogens with one attached hydrogen (secondary N) is 1. The molecule has 0 unspecified atom stereocenters. The van der Waals surface area contributed by atoms with Crippen molar-refractivity contribution in [1.82, 2.24) is 10.2 Å². The van der Waals surface area contributed by atoms with Crippen LogP contribution >= 0.6 is 0 Å². The standard InChI is InChI=1S/C16H21FN2O/c1-18-14-6-10-19(11-7-14)15(20)16(8-9-16)12-2-4-13(17)5-3-12/h2-5,14,18H,6-11H2,1H3. The summed E-state index contributed by atoms with van der Waals surface area (Å²) in [7, 11) is 1.98. The normalized spacial score (nSPS) is 21.8.